The van der Waals surface area contributed by atoms with E-state index in [9.17, 15) is 9.59 Å². The molecule has 1 aliphatic heterocycles. The Bertz CT molecular complexity index is 441. The molecule has 0 atom stereocenters. The van der Waals surface area contributed by atoms with Gasteiger partial charge in [0.1, 0.15) is 0 Å². The molecule has 1 heterocycles. The molecule has 0 unspecified atom stereocenters. The van der Waals surface area contributed by atoms with Gasteiger partial charge in [-0.1, -0.05) is 15.9 Å². The first kappa shape index (κ1) is 11.9. The summed E-state index contributed by atoms with van der Waals surface area (Å²) in [7, 11) is 0. The van der Waals surface area contributed by atoms with Gasteiger partial charge in [0.25, 0.3) is 5.91 Å². The highest BCUT2D eigenvalue weighted by Crippen LogP contribution is 2.16. The van der Waals surface area contributed by atoms with Crippen molar-refractivity contribution < 1.29 is 14.7 Å². The van der Waals surface area contributed by atoms with E-state index in [-0.39, 0.29) is 11.9 Å². The van der Waals surface area contributed by atoms with Crippen molar-refractivity contribution >= 4 is 27.9 Å². The van der Waals surface area contributed by atoms with E-state index < -0.39 is 6.09 Å². The normalized spacial score (nSPS) is 15.2. The van der Waals surface area contributed by atoms with Crippen LogP contribution in [0.4, 0.5) is 4.79 Å². The van der Waals surface area contributed by atoms with Crippen molar-refractivity contribution in [3.8, 4) is 0 Å². The predicted molar refractivity (Wildman–Crippen MR) is 65.0 cm³/mol. The summed E-state index contributed by atoms with van der Waals surface area (Å²) in [6.45, 7) is 0.863. The van der Waals surface area contributed by atoms with Gasteiger partial charge in [0.15, 0.2) is 0 Å². The summed E-state index contributed by atoms with van der Waals surface area (Å²) in [5.74, 6) is -0.0686. The van der Waals surface area contributed by atoms with E-state index in [1.165, 1.54) is 0 Å². The SMILES string of the molecule is O=C(O)NC1CN(C(=O)c2ccc(Br)cc2)C1. The average Bonchev–Trinajstić information content (AvgIpc) is 2.23. The zero-order valence-corrected chi connectivity index (χ0v) is 10.5. The minimum Gasteiger partial charge on any atom is -0.465 e. The van der Waals surface area contributed by atoms with Crippen molar-refractivity contribution in [3.63, 3.8) is 0 Å². The van der Waals surface area contributed by atoms with E-state index in [0.29, 0.717) is 18.7 Å². The van der Waals surface area contributed by atoms with Crippen molar-refractivity contribution in [1.29, 1.82) is 0 Å². The molecule has 6 heteroatoms. The molecule has 2 N–H and O–H groups in total. The first-order valence-electron chi connectivity index (χ1n) is 5.10. The van der Waals surface area contributed by atoms with Crippen LogP contribution in [0.5, 0.6) is 0 Å². The Labute approximate surface area is 107 Å². The predicted octanol–water partition coefficient (Wildman–Crippen LogP) is 1.54. The third-order valence-corrected chi connectivity index (χ3v) is 3.12. The quantitative estimate of drug-likeness (QED) is 0.870. The van der Waals surface area contributed by atoms with Crippen LogP contribution in [0.3, 0.4) is 0 Å². The second kappa shape index (κ2) is 4.75. The molecule has 0 saturated carbocycles. The number of nitrogens with one attached hydrogen (secondary N) is 1. The molecule has 0 aromatic heterocycles. The molecule has 2 rings (SSSR count). The number of nitrogens with zero attached hydrogens (tertiary/aromatic N) is 1. The third kappa shape index (κ3) is 2.76. The number of carboxylic acid groups (broad SMARTS) is 1. The summed E-state index contributed by atoms with van der Waals surface area (Å²) in [5, 5.41) is 10.8. The summed E-state index contributed by atoms with van der Waals surface area (Å²) >= 11 is 3.30. The van der Waals surface area contributed by atoms with Crippen LogP contribution in [0.25, 0.3) is 0 Å². The lowest BCUT2D eigenvalue weighted by Crippen LogP contribution is -2.60. The maximum atomic E-state index is 11.9. The van der Waals surface area contributed by atoms with Crippen LogP contribution in [0, 0.1) is 0 Å². The van der Waals surface area contributed by atoms with Gasteiger partial charge in [-0.3, -0.25) is 4.79 Å². The van der Waals surface area contributed by atoms with Crippen LogP contribution >= 0.6 is 15.9 Å². The third-order valence-electron chi connectivity index (χ3n) is 2.59. The zero-order chi connectivity index (χ0) is 12.4. The van der Waals surface area contributed by atoms with Crippen LogP contribution < -0.4 is 5.32 Å². The summed E-state index contributed by atoms with van der Waals surface area (Å²) in [5.41, 5.74) is 0.613. The van der Waals surface area contributed by atoms with Gasteiger partial charge in [0.2, 0.25) is 0 Å². The van der Waals surface area contributed by atoms with E-state index in [4.69, 9.17) is 5.11 Å². The van der Waals surface area contributed by atoms with Gasteiger partial charge in [0.05, 0.1) is 6.04 Å². The number of hydrogen-bond acceptors (Lipinski definition) is 2. The summed E-state index contributed by atoms with van der Waals surface area (Å²) in [4.78, 5) is 23.9. The van der Waals surface area contributed by atoms with E-state index in [1.807, 2.05) is 0 Å². The number of carbonyl (C=O) groups is 2. The minimum atomic E-state index is -1.05. The highest BCUT2D eigenvalue weighted by Gasteiger charge is 2.31. The molecular weight excluding hydrogens is 288 g/mol. The van der Waals surface area contributed by atoms with Gasteiger partial charge >= 0.3 is 6.09 Å². The standard InChI is InChI=1S/C11H11BrN2O3/c12-8-3-1-7(2-4-8)10(15)14-5-9(6-14)13-11(16)17/h1-4,9,13H,5-6H2,(H,16,17). The second-order valence-electron chi connectivity index (χ2n) is 3.86. The molecule has 0 radical (unpaired) electrons. The van der Waals surface area contributed by atoms with E-state index in [2.05, 4.69) is 21.2 Å². The van der Waals surface area contributed by atoms with Gasteiger partial charge in [-0.25, -0.2) is 4.79 Å². The van der Waals surface area contributed by atoms with Crippen molar-refractivity contribution in [2.24, 2.45) is 0 Å². The van der Waals surface area contributed by atoms with E-state index in [1.54, 1.807) is 29.2 Å². The fraction of sp³-hybridized carbons (Fsp3) is 0.273. The Morgan fingerprint density at radius 1 is 1.29 bits per heavy atom. The minimum absolute atomic E-state index is 0.0686. The zero-order valence-electron chi connectivity index (χ0n) is 8.89. The van der Waals surface area contributed by atoms with Crippen LogP contribution in [-0.2, 0) is 0 Å². The Morgan fingerprint density at radius 3 is 2.41 bits per heavy atom. The van der Waals surface area contributed by atoms with E-state index in [0.717, 1.165) is 4.47 Å². The second-order valence-corrected chi connectivity index (χ2v) is 4.78. The van der Waals surface area contributed by atoms with Gasteiger partial charge in [-0.05, 0) is 24.3 Å². The fourth-order valence-corrected chi connectivity index (χ4v) is 1.95. The first-order valence-corrected chi connectivity index (χ1v) is 5.90. The molecule has 1 fully saturated rings. The monoisotopic (exact) mass is 298 g/mol. The number of amides is 2. The largest absolute Gasteiger partial charge is 0.465 e. The first-order chi connectivity index (χ1) is 8.06. The van der Waals surface area contributed by atoms with Crippen LogP contribution in [0.1, 0.15) is 10.4 Å². The maximum Gasteiger partial charge on any atom is 0.405 e. The fourth-order valence-electron chi connectivity index (χ4n) is 1.69. The topological polar surface area (TPSA) is 69.6 Å². The molecule has 5 nitrogen and oxygen atoms in total. The van der Waals surface area contributed by atoms with Crippen LogP contribution in [0.2, 0.25) is 0 Å². The molecule has 2 amide bonds. The molecule has 1 aromatic carbocycles. The van der Waals surface area contributed by atoms with Crippen LogP contribution in [0.15, 0.2) is 28.7 Å². The molecule has 1 aromatic rings. The lowest BCUT2D eigenvalue weighted by Gasteiger charge is -2.38. The van der Waals surface area contributed by atoms with Gasteiger partial charge in [-0.15, -0.1) is 0 Å². The van der Waals surface area contributed by atoms with Crippen molar-refractivity contribution in [2.45, 2.75) is 6.04 Å². The lowest BCUT2D eigenvalue weighted by molar-refractivity contribution is 0.0564. The van der Waals surface area contributed by atoms with Gasteiger partial charge in [-0.2, -0.15) is 0 Å². The molecule has 1 saturated heterocycles. The van der Waals surface area contributed by atoms with Crippen molar-refractivity contribution in [3.05, 3.63) is 34.3 Å². The molecule has 0 bridgehead atoms. The van der Waals surface area contributed by atoms with Gasteiger partial charge < -0.3 is 15.3 Å². The Balaban J connectivity index is 1.91. The Morgan fingerprint density at radius 2 is 1.88 bits per heavy atom. The smallest absolute Gasteiger partial charge is 0.405 e. The van der Waals surface area contributed by atoms with Gasteiger partial charge in [0, 0.05) is 23.1 Å². The number of hydrogen-bond donors (Lipinski definition) is 2. The molecule has 90 valence electrons. The Kier molecular flexibility index (Phi) is 3.33. The van der Waals surface area contributed by atoms with Crippen LogP contribution in [-0.4, -0.2) is 41.1 Å². The highest BCUT2D eigenvalue weighted by atomic mass is 79.9. The number of carbonyl (C=O) groups excluding carboxylic acids is 1. The lowest BCUT2D eigenvalue weighted by atomic mass is 10.1. The summed E-state index contributed by atoms with van der Waals surface area (Å²) in [6, 6.07) is 6.95. The van der Waals surface area contributed by atoms with E-state index >= 15 is 0 Å². The molecule has 0 spiro atoms. The Hall–Kier alpha value is -1.56. The average molecular weight is 299 g/mol. The number of halogens is 1. The molecule has 17 heavy (non-hydrogen) atoms. The summed E-state index contributed by atoms with van der Waals surface area (Å²) in [6.07, 6.45) is -1.05. The van der Waals surface area contributed by atoms with Crippen molar-refractivity contribution in [1.82, 2.24) is 10.2 Å². The molecular formula is C11H11BrN2O3. The molecule has 1 aliphatic rings. The number of likely N-dealkylation sites (tertiary alicyclic amines) is 1. The highest BCUT2D eigenvalue weighted by molar-refractivity contribution is 9.10. The number of rotatable bonds is 2. The molecule has 0 aliphatic carbocycles. The maximum absolute atomic E-state index is 11.9. The summed E-state index contributed by atoms with van der Waals surface area (Å²) < 4.78 is 0.920. The number of benzene rings is 1. The van der Waals surface area contributed by atoms with Crippen molar-refractivity contribution in [2.75, 3.05) is 13.1 Å².